The van der Waals surface area contributed by atoms with E-state index in [0.717, 1.165) is 6.07 Å². The number of aromatic nitrogens is 2. The zero-order chi connectivity index (χ0) is 13.0. The van der Waals surface area contributed by atoms with Crippen molar-refractivity contribution in [1.29, 1.82) is 0 Å². The van der Waals surface area contributed by atoms with Gasteiger partial charge in [-0.1, -0.05) is 5.16 Å². The van der Waals surface area contributed by atoms with Gasteiger partial charge in [0.1, 0.15) is 0 Å². The predicted molar refractivity (Wildman–Crippen MR) is 61.1 cm³/mol. The second-order valence-electron chi connectivity index (χ2n) is 3.38. The average Bonchev–Trinajstić information content (AvgIpc) is 2.40. The first-order valence-corrected chi connectivity index (χ1v) is 5.01. The van der Waals surface area contributed by atoms with E-state index in [2.05, 4.69) is 15.1 Å². The fraction of sp³-hybridized carbons (Fsp3) is 0. The number of pyridine rings is 2. The van der Waals surface area contributed by atoms with Crippen LogP contribution < -0.4 is 0 Å². The number of halogens is 1. The van der Waals surface area contributed by atoms with Crippen molar-refractivity contribution in [2.24, 2.45) is 5.16 Å². The molecule has 2 rings (SSSR count). The highest BCUT2D eigenvalue weighted by Gasteiger charge is 2.17. The zero-order valence-corrected chi connectivity index (χ0v) is 9.12. The van der Waals surface area contributed by atoms with Crippen molar-refractivity contribution < 1.29 is 14.4 Å². The Bertz CT molecular complexity index is 599. The Balaban J connectivity index is 2.39. The van der Waals surface area contributed by atoms with Gasteiger partial charge in [0.05, 0.1) is 0 Å². The number of Topliss-reactive ketones (excluding diaryl/α,β-unsaturated/α-hetero) is 1. The normalized spacial score (nSPS) is 11.3. The summed E-state index contributed by atoms with van der Waals surface area (Å²) in [5, 5.41) is 11.8. The Labute approximate surface area is 102 Å². The number of rotatable bonds is 3. The Kier molecular flexibility index (Phi) is 3.38. The van der Waals surface area contributed by atoms with Gasteiger partial charge in [-0.05, 0) is 18.2 Å². The van der Waals surface area contributed by atoms with Gasteiger partial charge in [0.25, 0.3) is 0 Å². The maximum absolute atomic E-state index is 13.0. The van der Waals surface area contributed by atoms with Gasteiger partial charge in [0.15, 0.2) is 5.71 Å². The number of nitrogens with zero attached hydrogens (tertiary/aromatic N) is 3. The highest BCUT2D eigenvalue weighted by molar-refractivity contribution is 6.51. The van der Waals surface area contributed by atoms with Crippen molar-refractivity contribution >= 4 is 11.5 Å². The van der Waals surface area contributed by atoms with Gasteiger partial charge in [-0.25, -0.2) is 4.98 Å². The molecule has 0 aliphatic carbocycles. The van der Waals surface area contributed by atoms with Crippen molar-refractivity contribution in [3.8, 4) is 0 Å². The molecule has 18 heavy (non-hydrogen) atoms. The third kappa shape index (κ3) is 2.37. The van der Waals surface area contributed by atoms with Crippen molar-refractivity contribution in [2.45, 2.75) is 0 Å². The number of hydrogen-bond donors (Lipinski definition) is 1. The van der Waals surface area contributed by atoms with E-state index in [4.69, 9.17) is 5.21 Å². The SMILES string of the molecule is O=C(/C(=N\O)c1ccnc(F)c1)c1ccncc1. The van der Waals surface area contributed by atoms with Crippen molar-refractivity contribution in [2.75, 3.05) is 0 Å². The van der Waals surface area contributed by atoms with E-state index in [1.54, 1.807) is 0 Å². The first-order valence-electron chi connectivity index (χ1n) is 5.01. The number of carbonyl (C=O) groups is 1. The van der Waals surface area contributed by atoms with Gasteiger partial charge in [0, 0.05) is 35.8 Å². The minimum atomic E-state index is -0.754. The minimum absolute atomic E-state index is 0.159. The Morgan fingerprint density at radius 1 is 1.17 bits per heavy atom. The number of ketones is 1. The summed E-state index contributed by atoms with van der Waals surface area (Å²) in [4.78, 5) is 19.2. The lowest BCUT2D eigenvalue weighted by atomic mass is 10.0. The van der Waals surface area contributed by atoms with Crippen LogP contribution in [0.3, 0.4) is 0 Å². The molecule has 0 amide bonds. The topological polar surface area (TPSA) is 75.4 Å². The summed E-state index contributed by atoms with van der Waals surface area (Å²) in [7, 11) is 0. The van der Waals surface area contributed by atoms with Gasteiger partial charge < -0.3 is 5.21 Å². The highest BCUT2D eigenvalue weighted by atomic mass is 19.1. The smallest absolute Gasteiger partial charge is 0.215 e. The van der Waals surface area contributed by atoms with E-state index in [1.807, 2.05) is 0 Å². The van der Waals surface area contributed by atoms with Crippen LogP contribution in [0.2, 0.25) is 0 Å². The molecular formula is C12H8FN3O2. The van der Waals surface area contributed by atoms with Crippen molar-refractivity contribution in [3.05, 3.63) is 59.9 Å². The summed E-state index contributed by atoms with van der Waals surface area (Å²) < 4.78 is 13.0. The van der Waals surface area contributed by atoms with Crippen LogP contribution in [0.25, 0.3) is 0 Å². The Morgan fingerprint density at radius 3 is 2.44 bits per heavy atom. The molecule has 0 aromatic carbocycles. The van der Waals surface area contributed by atoms with Crippen LogP contribution in [0.4, 0.5) is 4.39 Å². The maximum Gasteiger partial charge on any atom is 0.215 e. The van der Waals surface area contributed by atoms with Gasteiger partial charge >= 0.3 is 0 Å². The zero-order valence-electron chi connectivity index (χ0n) is 9.12. The summed E-state index contributed by atoms with van der Waals surface area (Å²) in [6, 6.07) is 5.36. The second kappa shape index (κ2) is 5.13. The molecule has 0 aliphatic heterocycles. The molecular weight excluding hydrogens is 237 g/mol. The lowest BCUT2D eigenvalue weighted by molar-refractivity contribution is 0.106. The molecule has 2 aromatic rings. The standard InChI is InChI=1S/C12H8FN3O2/c13-10-7-9(3-6-15-10)11(16-18)12(17)8-1-4-14-5-2-8/h1-7,18H/b16-11-. The molecule has 2 aromatic heterocycles. The van der Waals surface area contributed by atoms with Gasteiger partial charge in [-0.3, -0.25) is 9.78 Å². The summed E-state index contributed by atoms with van der Waals surface area (Å²) in [6.07, 6.45) is 4.07. The summed E-state index contributed by atoms with van der Waals surface area (Å²) in [6.45, 7) is 0. The second-order valence-corrected chi connectivity index (χ2v) is 3.38. The Morgan fingerprint density at radius 2 is 1.83 bits per heavy atom. The molecule has 0 bridgehead atoms. The lowest BCUT2D eigenvalue weighted by Gasteiger charge is -2.03. The quantitative estimate of drug-likeness (QED) is 0.293. The molecule has 0 radical (unpaired) electrons. The summed E-state index contributed by atoms with van der Waals surface area (Å²) >= 11 is 0. The van der Waals surface area contributed by atoms with Crippen LogP contribution in [-0.4, -0.2) is 26.7 Å². The molecule has 1 N–H and O–H groups in total. The van der Waals surface area contributed by atoms with E-state index < -0.39 is 11.7 Å². The van der Waals surface area contributed by atoms with Crippen LogP contribution in [-0.2, 0) is 0 Å². The van der Waals surface area contributed by atoms with E-state index in [0.29, 0.717) is 5.56 Å². The average molecular weight is 245 g/mol. The van der Waals surface area contributed by atoms with Crippen LogP contribution in [0.1, 0.15) is 15.9 Å². The fourth-order valence-corrected chi connectivity index (χ4v) is 1.42. The van der Waals surface area contributed by atoms with Crippen LogP contribution in [0.5, 0.6) is 0 Å². The monoisotopic (exact) mass is 245 g/mol. The third-order valence-corrected chi connectivity index (χ3v) is 2.26. The molecule has 0 atom stereocenters. The van der Waals surface area contributed by atoms with E-state index in [-0.39, 0.29) is 11.3 Å². The fourth-order valence-electron chi connectivity index (χ4n) is 1.42. The van der Waals surface area contributed by atoms with E-state index in [9.17, 15) is 9.18 Å². The first-order chi connectivity index (χ1) is 8.72. The molecule has 0 unspecified atom stereocenters. The molecule has 6 heteroatoms. The van der Waals surface area contributed by atoms with Gasteiger partial charge in [-0.2, -0.15) is 4.39 Å². The molecule has 0 spiro atoms. The van der Waals surface area contributed by atoms with Crippen LogP contribution in [0, 0.1) is 5.95 Å². The number of oxime groups is 1. The maximum atomic E-state index is 13.0. The summed E-state index contributed by atoms with van der Waals surface area (Å²) in [5.41, 5.74) is 0.212. The highest BCUT2D eigenvalue weighted by Crippen LogP contribution is 2.08. The van der Waals surface area contributed by atoms with E-state index >= 15 is 0 Å². The minimum Gasteiger partial charge on any atom is -0.410 e. The Hall–Kier alpha value is -2.63. The third-order valence-electron chi connectivity index (χ3n) is 2.26. The lowest BCUT2D eigenvalue weighted by Crippen LogP contribution is -2.16. The molecule has 0 aliphatic rings. The molecule has 5 nitrogen and oxygen atoms in total. The van der Waals surface area contributed by atoms with Crippen molar-refractivity contribution in [1.82, 2.24) is 9.97 Å². The largest absolute Gasteiger partial charge is 0.410 e. The van der Waals surface area contributed by atoms with E-state index in [1.165, 1.54) is 36.8 Å². The summed E-state index contributed by atoms with van der Waals surface area (Å²) in [5.74, 6) is -1.28. The molecule has 90 valence electrons. The van der Waals surface area contributed by atoms with Gasteiger partial charge in [0.2, 0.25) is 11.7 Å². The van der Waals surface area contributed by atoms with Crippen LogP contribution >= 0.6 is 0 Å². The predicted octanol–water partition coefficient (Wildman–Crippen LogP) is 1.68. The molecule has 2 heterocycles. The van der Waals surface area contributed by atoms with Gasteiger partial charge in [-0.15, -0.1) is 0 Å². The molecule has 0 fully saturated rings. The van der Waals surface area contributed by atoms with Crippen LogP contribution in [0.15, 0.2) is 48.0 Å². The number of carbonyl (C=O) groups excluding carboxylic acids is 1. The first kappa shape index (κ1) is 11.8. The molecule has 0 saturated heterocycles. The number of hydrogen-bond acceptors (Lipinski definition) is 5. The molecule has 0 saturated carbocycles. The van der Waals surface area contributed by atoms with Crippen molar-refractivity contribution in [3.63, 3.8) is 0 Å².